The van der Waals surface area contributed by atoms with Gasteiger partial charge in [-0.1, -0.05) is 23.4 Å². The van der Waals surface area contributed by atoms with Crippen molar-refractivity contribution in [3.63, 3.8) is 0 Å². The van der Waals surface area contributed by atoms with E-state index >= 15 is 0 Å². The normalized spacial score (nSPS) is 15.3. The maximum atomic E-state index is 12.3. The Bertz CT molecular complexity index is 861. The predicted molar refractivity (Wildman–Crippen MR) is 81.0 cm³/mol. The fourth-order valence-electron chi connectivity index (χ4n) is 2.69. The lowest BCUT2D eigenvalue weighted by Gasteiger charge is -2.25. The van der Waals surface area contributed by atoms with Crippen LogP contribution in [0.15, 0.2) is 33.2 Å². The second-order valence-electron chi connectivity index (χ2n) is 5.38. The van der Waals surface area contributed by atoms with E-state index in [-0.39, 0.29) is 17.6 Å². The van der Waals surface area contributed by atoms with Gasteiger partial charge in [-0.15, -0.1) is 0 Å². The van der Waals surface area contributed by atoms with Gasteiger partial charge in [0.1, 0.15) is 5.58 Å². The van der Waals surface area contributed by atoms with E-state index in [0.717, 1.165) is 16.5 Å². The number of ether oxygens (including phenoxy) is 1. The molecule has 1 aliphatic rings. The van der Waals surface area contributed by atoms with Crippen LogP contribution < -0.4 is 0 Å². The molecule has 3 aromatic rings. The molecule has 1 saturated heterocycles. The quantitative estimate of drug-likeness (QED) is 0.722. The molecule has 0 radical (unpaired) electrons. The second-order valence-corrected chi connectivity index (χ2v) is 5.38. The summed E-state index contributed by atoms with van der Waals surface area (Å²) in [5.74, 6) is 0.508. The first kappa shape index (κ1) is 14.0. The topological polar surface area (TPSA) is 81.6 Å². The number of fused-ring (bicyclic) bond motifs is 1. The van der Waals surface area contributed by atoms with Crippen molar-refractivity contribution >= 4 is 16.9 Å². The minimum atomic E-state index is -0.277. The summed E-state index contributed by atoms with van der Waals surface area (Å²) in [6, 6.07) is 7.69. The molecule has 7 heteroatoms. The van der Waals surface area contributed by atoms with Gasteiger partial charge in [0.05, 0.1) is 13.2 Å². The van der Waals surface area contributed by atoms with Crippen LogP contribution in [0.4, 0.5) is 0 Å². The summed E-state index contributed by atoms with van der Waals surface area (Å²) in [7, 11) is 0. The third kappa shape index (κ3) is 2.39. The van der Waals surface area contributed by atoms with Gasteiger partial charge < -0.3 is 18.6 Å². The predicted octanol–water partition coefficient (Wildman–Crippen LogP) is 2.26. The number of aryl methyl sites for hydroxylation is 1. The van der Waals surface area contributed by atoms with Crippen molar-refractivity contribution in [3.05, 3.63) is 35.7 Å². The molecule has 2 aromatic heterocycles. The van der Waals surface area contributed by atoms with E-state index in [4.69, 9.17) is 13.7 Å². The van der Waals surface area contributed by atoms with Crippen LogP contribution in [0.25, 0.3) is 22.6 Å². The SMILES string of the molecule is Cc1c(-c2noc(C(=O)N3CCOCC3)n2)oc2ccccc12. The highest BCUT2D eigenvalue weighted by Gasteiger charge is 2.26. The van der Waals surface area contributed by atoms with E-state index in [0.29, 0.717) is 32.1 Å². The van der Waals surface area contributed by atoms with E-state index in [1.807, 2.05) is 31.2 Å². The smallest absolute Gasteiger partial charge is 0.316 e. The third-order valence-electron chi connectivity index (χ3n) is 3.95. The molecule has 3 heterocycles. The molecule has 0 bridgehead atoms. The van der Waals surface area contributed by atoms with Gasteiger partial charge in [0, 0.05) is 24.0 Å². The van der Waals surface area contributed by atoms with Crippen LogP contribution in [0, 0.1) is 6.92 Å². The number of benzene rings is 1. The highest BCUT2D eigenvalue weighted by Crippen LogP contribution is 2.31. The number of morpholine rings is 1. The molecule has 118 valence electrons. The number of hydrogen-bond donors (Lipinski definition) is 0. The summed E-state index contributed by atoms with van der Waals surface area (Å²) in [5, 5.41) is 4.89. The zero-order valence-electron chi connectivity index (χ0n) is 12.6. The minimum absolute atomic E-state index is 0.0262. The van der Waals surface area contributed by atoms with Gasteiger partial charge >= 0.3 is 11.8 Å². The van der Waals surface area contributed by atoms with Crippen molar-refractivity contribution < 1.29 is 18.5 Å². The van der Waals surface area contributed by atoms with Crippen molar-refractivity contribution in [3.8, 4) is 11.6 Å². The largest absolute Gasteiger partial charge is 0.452 e. The van der Waals surface area contributed by atoms with Crippen molar-refractivity contribution in [2.24, 2.45) is 0 Å². The van der Waals surface area contributed by atoms with Gasteiger partial charge in [0.2, 0.25) is 5.82 Å². The van der Waals surface area contributed by atoms with Crippen molar-refractivity contribution in [2.75, 3.05) is 26.3 Å². The zero-order valence-corrected chi connectivity index (χ0v) is 12.6. The highest BCUT2D eigenvalue weighted by molar-refractivity contribution is 5.90. The number of nitrogens with zero attached hydrogens (tertiary/aromatic N) is 3. The standard InChI is InChI=1S/C16H15N3O4/c1-10-11-4-2-3-5-12(11)22-13(10)14-17-15(23-18-14)16(20)19-6-8-21-9-7-19/h2-5H,6-9H2,1H3. The van der Waals surface area contributed by atoms with Crippen molar-refractivity contribution in [1.29, 1.82) is 0 Å². The highest BCUT2D eigenvalue weighted by atomic mass is 16.5. The number of amides is 1. The molecule has 23 heavy (non-hydrogen) atoms. The van der Waals surface area contributed by atoms with Gasteiger partial charge in [0.15, 0.2) is 5.76 Å². The van der Waals surface area contributed by atoms with Crippen LogP contribution in [-0.4, -0.2) is 47.3 Å². The van der Waals surface area contributed by atoms with E-state index in [2.05, 4.69) is 10.1 Å². The summed E-state index contributed by atoms with van der Waals surface area (Å²) >= 11 is 0. The molecule has 0 N–H and O–H groups in total. The van der Waals surface area contributed by atoms with Crippen LogP contribution in [0.2, 0.25) is 0 Å². The first-order valence-corrected chi connectivity index (χ1v) is 7.43. The number of carbonyl (C=O) groups excluding carboxylic acids is 1. The molecule has 0 atom stereocenters. The fraction of sp³-hybridized carbons (Fsp3) is 0.312. The molecule has 0 saturated carbocycles. The number of carbonyl (C=O) groups is 1. The lowest BCUT2D eigenvalue weighted by atomic mass is 10.1. The molecule has 0 unspecified atom stereocenters. The third-order valence-corrected chi connectivity index (χ3v) is 3.95. The van der Waals surface area contributed by atoms with Crippen LogP contribution in [-0.2, 0) is 4.74 Å². The van der Waals surface area contributed by atoms with E-state index in [9.17, 15) is 4.79 Å². The number of para-hydroxylation sites is 1. The van der Waals surface area contributed by atoms with Crippen LogP contribution in [0.5, 0.6) is 0 Å². The van der Waals surface area contributed by atoms with Crippen molar-refractivity contribution in [1.82, 2.24) is 15.0 Å². The van der Waals surface area contributed by atoms with Gasteiger partial charge in [-0.2, -0.15) is 4.98 Å². The average Bonchev–Trinajstić information content (AvgIpc) is 3.20. The Hall–Kier alpha value is -2.67. The summed E-state index contributed by atoms with van der Waals surface area (Å²) in [6.45, 7) is 4.03. The minimum Gasteiger partial charge on any atom is -0.452 e. The molecule has 0 aliphatic carbocycles. The summed E-state index contributed by atoms with van der Waals surface area (Å²) < 4.78 is 16.2. The fourth-order valence-corrected chi connectivity index (χ4v) is 2.69. The molecule has 7 nitrogen and oxygen atoms in total. The first-order valence-electron chi connectivity index (χ1n) is 7.43. The van der Waals surface area contributed by atoms with Gasteiger partial charge in [-0.05, 0) is 13.0 Å². The first-order chi connectivity index (χ1) is 11.2. The molecule has 1 fully saturated rings. The second kappa shape index (κ2) is 5.51. The average molecular weight is 313 g/mol. The Kier molecular flexibility index (Phi) is 3.34. The Morgan fingerprint density at radius 2 is 2.00 bits per heavy atom. The Labute approximate surface area is 131 Å². The number of rotatable bonds is 2. The molecule has 1 amide bonds. The maximum absolute atomic E-state index is 12.3. The van der Waals surface area contributed by atoms with Crippen LogP contribution in [0.1, 0.15) is 16.2 Å². The van der Waals surface area contributed by atoms with E-state index in [1.165, 1.54) is 0 Å². The van der Waals surface area contributed by atoms with Gasteiger partial charge in [-0.3, -0.25) is 4.79 Å². The monoisotopic (exact) mass is 313 g/mol. The Balaban J connectivity index is 1.66. The summed E-state index contributed by atoms with van der Waals surface area (Å²) in [4.78, 5) is 18.2. The lowest BCUT2D eigenvalue weighted by Crippen LogP contribution is -2.40. The number of hydrogen-bond acceptors (Lipinski definition) is 6. The van der Waals surface area contributed by atoms with Crippen molar-refractivity contribution in [2.45, 2.75) is 6.92 Å². The number of furan rings is 1. The Morgan fingerprint density at radius 3 is 2.78 bits per heavy atom. The molecule has 4 rings (SSSR count). The molecule has 0 spiro atoms. The molecule has 1 aliphatic heterocycles. The molecule has 1 aromatic carbocycles. The summed E-state index contributed by atoms with van der Waals surface area (Å²) in [6.07, 6.45) is 0. The van der Waals surface area contributed by atoms with Crippen LogP contribution in [0.3, 0.4) is 0 Å². The number of aromatic nitrogens is 2. The lowest BCUT2D eigenvalue weighted by molar-refractivity contribution is 0.0272. The molecular formula is C16H15N3O4. The van der Waals surface area contributed by atoms with E-state index in [1.54, 1.807) is 4.90 Å². The zero-order chi connectivity index (χ0) is 15.8. The maximum Gasteiger partial charge on any atom is 0.316 e. The molecular weight excluding hydrogens is 298 g/mol. The Morgan fingerprint density at radius 1 is 1.22 bits per heavy atom. The summed E-state index contributed by atoms with van der Waals surface area (Å²) in [5.41, 5.74) is 1.68. The van der Waals surface area contributed by atoms with Crippen LogP contribution >= 0.6 is 0 Å². The van der Waals surface area contributed by atoms with Gasteiger partial charge in [-0.25, -0.2) is 0 Å². The van der Waals surface area contributed by atoms with E-state index < -0.39 is 0 Å². The van der Waals surface area contributed by atoms with Gasteiger partial charge in [0.25, 0.3) is 0 Å².